The highest BCUT2D eigenvalue weighted by Gasteiger charge is 2.16. The van der Waals surface area contributed by atoms with Gasteiger partial charge >= 0.3 is 0 Å². The minimum Gasteiger partial charge on any atom is -0.457 e. The predicted molar refractivity (Wildman–Crippen MR) is 116 cm³/mol. The summed E-state index contributed by atoms with van der Waals surface area (Å²) in [5.41, 5.74) is 3.42. The Hall–Kier alpha value is -2.63. The molecular formula is C24H26O4S. The third-order valence-electron chi connectivity index (χ3n) is 4.92. The molecule has 1 unspecified atom stereocenters. The van der Waals surface area contributed by atoms with E-state index in [1.54, 1.807) is 0 Å². The average molecular weight is 411 g/mol. The maximum absolute atomic E-state index is 11.1. The van der Waals surface area contributed by atoms with Crippen molar-refractivity contribution in [1.29, 1.82) is 0 Å². The van der Waals surface area contributed by atoms with Gasteiger partial charge in [-0.05, 0) is 61.1 Å². The zero-order valence-corrected chi connectivity index (χ0v) is 17.3. The van der Waals surface area contributed by atoms with Crippen LogP contribution in [0, 0.1) is 0 Å². The molecule has 3 aromatic carbocycles. The van der Waals surface area contributed by atoms with Gasteiger partial charge in [-0.25, -0.2) is 0 Å². The van der Waals surface area contributed by atoms with E-state index in [-0.39, 0.29) is 0 Å². The zero-order valence-electron chi connectivity index (χ0n) is 16.5. The number of para-hydroxylation sites is 1. The van der Waals surface area contributed by atoms with E-state index in [0.29, 0.717) is 12.8 Å². The highest BCUT2D eigenvalue weighted by molar-refractivity contribution is 7.86. The Bertz CT molecular complexity index is 1030. The van der Waals surface area contributed by atoms with Crippen LogP contribution in [0.4, 0.5) is 0 Å². The van der Waals surface area contributed by atoms with Crippen LogP contribution in [0.25, 0.3) is 0 Å². The lowest BCUT2D eigenvalue weighted by molar-refractivity contribution is 0.463. The van der Waals surface area contributed by atoms with Gasteiger partial charge < -0.3 is 4.74 Å². The SMILES string of the molecule is CC(CCCc1cccc(Oc2ccccc2Cc2ccccc2)c1)S(=O)(=O)O. The van der Waals surface area contributed by atoms with E-state index in [0.717, 1.165) is 35.5 Å². The molecular weight excluding hydrogens is 384 g/mol. The first-order valence-corrected chi connectivity index (χ1v) is 11.3. The summed E-state index contributed by atoms with van der Waals surface area (Å²) < 4.78 is 37.5. The minimum absolute atomic E-state index is 0.420. The second-order valence-corrected chi connectivity index (χ2v) is 9.07. The average Bonchev–Trinajstić information content (AvgIpc) is 2.70. The second-order valence-electron chi connectivity index (χ2n) is 7.24. The number of benzene rings is 3. The molecule has 0 saturated heterocycles. The van der Waals surface area contributed by atoms with Gasteiger partial charge in [-0.3, -0.25) is 4.55 Å². The van der Waals surface area contributed by atoms with Gasteiger partial charge in [-0.1, -0.05) is 60.7 Å². The molecule has 0 aliphatic rings. The number of rotatable bonds is 9. The fourth-order valence-electron chi connectivity index (χ4n) is 3.20. The molecule has 0 bridgehead atoms. The monoisotopic (exact) mass is 410 g/mol. The Kier molecular flexibility index (Phi) is 7.07. The Balaban J connectivity index is 1.66. The van der Waals surface area contributed by atoms with Crippen molar-refractivity contribution in [3.8, 4) is 11.5 Å². The Labute approximate surface area is 172 Å². The predicted octanol–water partition coefficient (Wildman–Crippen LogP) is 5.67. The molecule has 4 nitrogen and oxygen atoms in total. The quantitative estimate of drug-likeness (QED) is 0.462. The van der Waals surface area contributed by atoms with E-state index in [9.17, 15) is 8.42 Å². The molecule has 1 atom stereocenters. The summed E-state index contributed by atoms with van der Waals surface area (Å²) in [6.45, 7) is 1.53. The van der Waals surface area contributed by atoms with Crippen molar-refractivity contribution in [1.82, 2.24) is 0 Å². The smallest absolute Gasteiger partial charge is 0.267 e. The third-order valence-corrected chi connectivity index (χ3v) is 6.17. The summed E-state index contributed by atoms with van der Waals surface area (Å²) >= 11 is 0. The van der Waals surface area contributed by atoms with Gasteiger partial charge in [0.15, 0.2) is 0 Å². The fraction of sp³-hybridized carbons (Fsp3) is 0.250. The highest BCUT2D eigenvalue weighted by atomic mass is 32.2. The van der Waals surface area contributed by atoms with Crippen molar-refractivity contribution in [2.75, 3.05) is 0 Å². The molecule has 0 aliphatic heterocycles. The van der Waals surface area contributed by atoms with Gasteiger partial charge in [0.25, 0.3) is 10.1 Å². The van der Waals surface area contributed by atoms with Crippen LogP contribution in [0.2, 0.25) is 0 Å². The van der Waals surface area contributed by atoms with E-state index in [1.165, 1.54) is 12.5 Å². The molecule has 3 aromatic rings. The van der Waals surface area contributed by atoms with Crippen LogP contribution in [-0.2, 0) is 23.0 Å². The molecule has 5 heteroatoms. The van der Waals surface area contributed by atoms with Gasteiger partial charge in [0.05, 0.1) is 5.25 Å². The van der Waals surface area contributed by atoms with Crippen LogP contribution in [0.5, 0.6) is 11.5 Å². The molecule has 152 valence electrons. The van der Waals surface area contributed by atoms with Crippen molar-refractivity contribution in [2.24, 2.45) is 0 Å². The molecule has 1 N–H and O–H groups in total. The molecule has 0 aromatic heterocycles. The first-order chi connectivity index (χ1) is 13.9. The van der Waals surface area contributed by atoms with Gasteiger partial charge in [0, 0.05) is 6.42 Å². The van der Waals surface area contributed by atoms with Crippen molar-refractivity contribution in [2.45, 2.75) is 37.9 Å². The summed E-state index contributed by atoms with van der Waals surface area (Å²) in [6.07, 6.45) is 2.62. The van der Waals surface area contributed by atoms with Crippen LogP contribution in [0.15, 0.2) is 78.9 Å². The lowest BCUT2D eigenvalue weighted by Crippen LogP contribution is -2.16. The summed E-state index contributed by atoms with van der Waals surface area (Å²) in [4.78, 5) is 0. The first kappa shape index (κ1) is 21.1. The Morgan fingerprint density at radius 3 is 2.34 bits per heavy atom. The summed E-state index contributed by atoms with van der Waals surface area (Å²) in [5.74, 6) is 1.58. The lowest BCUT2D eigenvalue weighted by Gasteiger charge is -2.13. The van der Waals surface area contributed by atoms with Crippen molar-refractivity contribution < 1.29 is 17.7 Å². The highest BCUT2D eigenvalue weighted by Crippen LogP contribution is 2.28. The van der Waals surface area contributed by atoms with Crippen LogP contribution >= 0.6 is 0 Å². The molecule has 0 spiro atoms. The normalized spacial score (nSPS) is 12.5. The summed E-state index contributed by atoms with van der Waals surface area (Å²) in [5, 5.41) is -0.744. The Morgan fingerprint density at radius 1 is 0.897 bits per heavy atom. The van der Waals surface area contributed by atoms with Gasteiger partial charge in [-0.15, -0.1) is 0 Å². The lowest BCUT2D eigenvalue weighted by atomic mass is 10.0. The second kappa shape index (κ2) is 9.72. The molecule has 0 aliphatic carbocycles. The largest absolute Gasteiger partial charge is 0.457 e. The number of ether oxygens (including phenoxy) is 1. The van der Waals surface area contributed by atoms with E-state index >= 15 is 0 Å². The topological polar surface area (TPSA) is 63.6 Å². The summed E-state index contributed by atoms with van der Waals surface area (Å²) in [6, 6.07) is 26.1. The number of hydrogen-bond donors (Lipinski definition) is 1. The van der Waals surface area contributed by atoms with Crippen LogP contribution in [0.3, 0.4) is 0 Å². The van der Waals surface area contributed by atoms with Crippen LogP contribution in [0.1, 0.15) is 36.5 Å². The summed E-state index contributed by atoms with van der Waals surface area (Å²) in [7, 11) is -3.96. The molecule has 0 heterocycles. The Morgan fingerprint density at radius 2 is 1.59 bits per heavy atom. The third kappa shape index (κ3) is 6.44. The minimum atomic E-state index is -3.96. The van der Waals surface area contributed by atoms with Gasteiger partial charge in [0.1, 0.15) is 11.5 Å². The molecule has 0 amide bonds. The van der Waals surface area contributed by atoms with E-state index in [2.05, 4.69) is 18.2 Å². The molecule has 0 saturated carbocycles. The number of aryl methyl sites for hydroxylation is 1. The molecule has 0 fully saturated rings. The maximum Gasteiger partial charge on any atom is 0.267 e. The van der Waals surface area contributed by atoms with Crippen LogP contribution < -0.4 is 4.74 Å². The van der Waals surface area contributed by atoms with Crippen molar-refractivity contribution >= 4 is 10.1 Å². The molecule has 29 heavy (non-hydrogen) atoms. The van der Waals surface area contributed by atoms with Crippen molar-refractivity contribution in [3.05, 3.63) is 95.6 Å². The van der Waals surface area contributed by atoms with Gasteiger partial charge in [0.2, 0.25) is 0 Å². The molecule has 3 rings (SSSR count). The van der Waals surface area contributed by atoms with E-state index in [4.69, 9.17) is 9.29 Å². The van der Waals surface area contributed by atoms with Crippen LogP contribution in [-0.4, -0.2) is 18.2 Å². The van der Waals surface area contributed by atoms with Crippen molar-refractivity contribution in [3.63, 3.8) is 0 Å². The van der Waals surface area contributed by atoms with E-state index < -0.39 is 15.4 Å². The van der Waals surface area contributed by atoms with E-state index in [1.807, 2.05) is 60.7 Å². The fourth-order valence-corrected chi connectivity index (χ4v) is 3.66. The first-order valence-electron chi connectivity index (χ1n) is 9.77. The maximum atomic E-state index is 11.1. The standard InChI is InChI=1S/C24H26O4S/c1-19(29(25,26)27)9-7-12-21-13-8-15-23(18-21)28-24-16-6-5-14-22(24)17-20-10-3-2-4-11-20/h2-6,8,10-11,13-16,18-19H,7,9,12,17H2,1H3,(H,25,26,27). The molecule has 0 radical (unpaired) electrons. The number of hydrogen-bond acceptors (Lipinski definition) is 3. The zero-order chi connectivity index (χ0) is 20.7. The van der Waals surface area contributed by atoms with Gasteiger partial charge in [-0.2, -0.15) is 8.42 Å².